The van der Waals surface area contributed by atoms with E-state index in [9.17, 15) is 10.2 Å². The second kappa shape index (κ2) is 4.35. The maximum absolute atomic E-state index is 9.87. The largest absolute Gasteiger partial charge is 0.394 e. The Hall–Kier alpha value is -0.200. The zero-order chi connectivity index (χ0) is 11.8. The quantitative estimate of drug-likeness (QED) is 0.446. The SMILES string of the molecule is CC(C)(C)C1O[C@H](CO)[C@@H](O)C(N)[C@H]1O. The molecule has 0 aromatic carbocycles. The zero-order valence-electron chi connectivity index (χ0n) is 9.42. The zero-order valence-corrected chi connectivity index (χ0v) is 9.42. The van der Waals surface area contributed by atoms with Gasteiger partial charge in [0.05, 0.1) is 24.9 Å². The smallest absolute Gasteiger partial charge is 0.109 e. The summed E-state index contributed by atoms with van der Waals surface area (Å²) in [6, 6.07) is -0.778. The van der Waals surface area contributed by atoms with Crippen molar-refractivity contribution in [2.75, 3.05) is 6.61 Å². The number of aliphatic hydroxyl groups excluding tert-OH is 3. The van der Waals surface area contributed by atoms with E-state index in [2.05, 4.69) is 0 Å². The first kappa shape index (κ1) is 12.9. The van der Waals surface area contributed by atoms with Crippen molar-refractivity contribution < 1.29 is 20.1 Å². The molecule has 0 bridgehead atoms. The third kappa shape index (κ3) is 2.49. The van der Waals surface area contributed by atoms with Crippen molar-refractivity contribution in [3.05, 3.63) is 0 Å². The van der Waals surface area contributed by atoms with Crippen LogP contribution in [0.3, 0.4) is 0 Å². The molecule has 15 heavy (non-hydrogen) atoms. The fourth-order valence-electron chi connectivity index (χ4n) is 1.87. The molecular formula is C10H21NO4. The Morgan fingerprint density at radius 2 is 1.73 bits per heavy atom. The molecule has 0 aromatic heterocycles. The number of hydrogen-bond donors (Lipinski definition) is 4. The molecule has 1 saturated heterocycles. The van der Waals surface area contributed by atoms with Gasteiger partial charge in [0.15, 0.2) is 0 Å². The second-order valence-electron chi connectivity index (χ2n) is 5.20. The summed E-state index contributed by atoms with van der Waals surface area (Å²) in [5.41, 5.74) is 5.40. The van der Waals surface area contributed by atoms with Crippen molar-refractivity contribution in [3.63, 3.8) is 0 Å². The van der Waals surface area contributed by atoms with Gasteiger partial charge >= 0.3 is 0 Å². The summed E-state index contributed by atoms with van der Waals surface area (Å²) in [5.74, 6) is 0. The van der Waals surface area contributed by atoms with E-state index < -0.39 is 30.5 Å². The average molecular weight is 219 g/mol. The van der Waals surface area contributed by atoms with Gasteiger partial charge < -0.3 is 25.8 Å². The lowest BCUT2D eigenvalue weighted by atomic mass is 9.79. The number of ether oxygens (including phenoxy) is 1. The summed E-state index contributed by atoms with van der Waals surface area (Å²) in [4.78, 5) is 0. The number of rotatable bonds is 1. The fraction of sp³-hybridized carbons (Fsp3) is 1.00. The van der Waals surface area contributed by atoms with Crippen molar-refractivity contribution in [3.8, 4) is 0 Å². The van der Waals surface area contributed by atoms with Crippen molar-refractivity contribution in [1.82, 2.24) is 0 Å². The van der Waals surface area contributed by atoms with Gasteiger partial charge in [0.25, 0.3) is 0 Å². The summed E-state index contributed by atoms with van der Waals surface area (Å²) in [6.07, 6.45) is -3.13. The van der Waals surface area contributed by atoms with Gasteiger partial charge in [-0.15, -0.1) is 0 Å². The van der Waals surface area contributed by atoms with Crippen LogP contribution >= 0.6 is 0 Å². The van der Waals surface area contributed by atoms with Crippen LogP contribution in [-0.4, -0.2) is 52.4 Å². The molecule has 1 rings (SSSR count). The van der Waals surface area contributed by atoms with Gasteiger partial charge in [0, 0.05) is 0 Å². The minimum Gasteiger partial charge on any atom is -0.394 e. The van der Waals surface area contributed by atoms with Crippen LogP contribution in [0.15, 0.2) is 0 Å². The molecule has 0 spiro atoms. The number of hydrogen-bond acceptors (Lipinski definition) is 5. The van der Waals surface area contributed by atoms with Crippen LogP contribution in [0.5, 0.6) is 0 Å². The minimum absolute atomic E-state index is 0.287. The summed E-state index contributed by atoms with van der Waals surface area (Å²) in [5, 5.41) is 28.5. The van der Waals surface area contributed by atoms with Gasteiger partial charge in [-0.3, -0.25) is 0 Å². The maximum atomic E-state index is 9.87. The topological polar surface area (TPSA) is 95.9 Å². The first-order chi connectivity index (χ1) is 6.79. The van der Waals surface area contributed by atoms with Crippen molar-refractivity contribution in [2.45, 2.75) is 51.2 Å². The Bertz CT molecular complexity index is 214. The Balaban J connectivity index is 2.83. The van der Waals surface area contributed by atoms with Gasteiger partial charge in [0.2, 0.25) is 0 Å². The Labute approximate surface area is 89.9 Å². The van der Waals surface area contributed by atoms with Crippen LogP contribution in [0.25, 0.3) is 0 Å². The third-order valence-corrected chi connectivity index (χ3v) is 2.83. The van der Waals surface area contributed by atoms with Crippen molar-refractivity contribution >= 4 is 0 Å². The molecule has 1 aliphatic rings. The number of nitrogens with two attached hydrogens (primary N) is 1. The Morgan fingerprint density at radius 3 is 2.13 bits per heavy atom. The van der Waals surface area contributed by atoms with E-state index in [0.29, 0.717) is 0 Å². The molecule has 90 valence electrons. The Morgan fingerprint density at radius 1 is 1.20 bits per heavy atom. The lowest BCUT2D eigenvalue weighted by Gasteiger charge is -2.45. The Kier molecular flexibility index (Phi) is 3.73. The molecule has 2 unspecified atom stereocenters. The van der Waals surface area contributed by atoms with Crippen LogP contribution in [0.2, 0.25) is 0 Å². The molecule has 5 nitrogen and oxygen atoms in total. The summed E-state index contributed by atoms with van der Waals surface area (Å²) < 4.78 is 5.46. The molecule has 1 aliphatic heterocycles. The lowest BCUT2D eigenvalue weighted by molar-refractivity contribution is -0.215. The molecule has 0 saturated carbocycles. The molecule has 0 aliphatic carbocycles. The van der Waals surface area contributed by atoms with E-state index >= 15 is 0 Å². The van der Waals surface area contributed by atoms with Crippen molar-refractivity contribution in [2.24, 2.45) is 11.1 Å². The maximum Gasteiger partial charge on any atom is 0.109 e. The van der Waals surface area contributed by atoms with Gasteiger partial charge in [-0.05, 0) is 5.41 Å². The highest BCUT2D eigenvalue weighted by molar-refractivity contribution is 4.98. The van der Waals surface area contributed by atoms with Gasteiger partial charge in [0.1, 0.15) is 12.2 Å². The monoisotopic (exact) mass is 219 g/mol. The molecule has 0 aromatic rings. The molecular weight excluding hydrogens is 198 g/mol. The van der Waals surface area contributed by atoms with Crippen LogP contribution in [0.1, 0.15) is 20.8 Å². The van der Waals surface area contributed by atoms with E-state index in [0.717, 1.165) is 0 Å². The van der Waals surface area contributed by atoms with Crippen molar-refractivity contribution in [1.29, 1.82) is 0 Å². The minimum atomic E-state index is -1.02. The molecule has 5 heteroatoms. The van der Waals surface area contributed by atoms with Gasteiger partial charge in [-0.1, -0.05) is 20.8 Å². The molecule has 1 heterocycles. The van der Waals surface area contributed by atoms with Crippen LogP contribution < -0.4 is 5.73 Å². The highest BCUT2D eigenvalue weighted by atomic mass is 16.5. The van der Waals surface area contributed by atoms with E-state index in [1.807, 2.05) is 20.8 Å². The number of aliphatic hydroxyl groups is 3. The molecule has 0 amide bonds. The standard InChI is InChI=1S/C10H21NO4/c1-10(2,3)9-8(14)6(11)7(13)5(4-12)15-9/h5-9,12-14H,4,11H2,1-3H3/t5-,6?,7-,8-,9?/m1/s1. The first-order valence-corrected chi connectivity index (χ1v) is 5.17. The van der Waals surface area contributed by atoms with E-state index in [1.54, 1.807) is 0 Å². The molecule has 1 fully saturated rings. The van der Waals surface area contributed by atoms with Crippen LogP contribution in [0, 0.1) is 5.41 Å². The normalized spacial score (nSPS) is 43.0. The summed E-state index contributed by atoms with van der Waals surface area (Å²) >= 11 is 0. The highest BCUT2D eigenvalue weighted by Crippen LogP contribution is 2.32. The highest BCUT2D eigenvalue weighted by Gasteiger charge is 2.46. The van der Waals surface area contributed by atoms with E-state index in [-0.39, 0.29) is 12.0 Å². The molecule has 5 atom stereocenters. The van der Waals surface area contributed by atoms with Gasteiger partial charge in [-0.2, -0.15) is 0 Å². The second-order valence-corrected chi connectivity index (χ2v) is 5.20. The first-order valence-electron chi connectivity index (χ1n) is 5.17. The van der Waals surface area contributed by atoms with E-state index in [4.69, 9.17) is 15.6 Å². The fourth-order valence-corrected chi connectivity index (χ4v) is 1.87. The molecule has 5 N–H and O–H groups in total. The van der Waals surface area contributed by atoms with E-state index in [1.165, 1.54) is 0 Å². The third-order valence-electron chi connectivity index (χ3n) is 2.83. The van der Waals surface area contributed by atoms with Crippen LogP contribution in [-0.2, 0) is 4.74 Å². The van der Waals surface area contributed by atoms with Gasteiger partial charge in [-0.25, -0.2) is 0 Å². The predicted molar refractivity (Wildman–Crippen MR) is 55.2 cm³/mol. The van der Waals surface area contributed by atoms with Crippen LogP contribution in [0.4, 0.5) is 0 Å². The molecule has 0 radical (unpaired) electrons. The lowest BCUT2D eigenvalue weighted by Crippen LogP contribution is -2.64. The predicted octanol–water partition coefficient (Wildman–Crippen LogP) is -1.16. The average Bonchev–Trinajstić information content (AvgIpc) is 2.13. The summed E-state index contributed by atoms with van der Waals surface area (Å²) in [7, 11) is 0. The summed E-state index contributed by atoms with van der Waals surface area (Å²) in [6.45, 7) is 5.45.